The quantitative estimate of drug-likeness (QED) is 0.226. The Morgan fingerprint density at radius 1 is 1.06 bits per heavy atom. The average Bonchev–Trinajstić information content (AvgIpc) is 3.81. The highest BCUT2D eigenvalue weighted by Crippen LogP contribution is 2.64. The van der Waals surface area contributed by atoms with Gasteiger partial charge in [0.2, 0.25) is 5.75 Å². The van der Waals surface area contributed by atoms with E-state index in [1.54, 1.807) is 35.2 Å². The van der Waals surface area contributed by atoms with Crippen molar-refractivity contribution in [3.05, 3.63) is 63.2 Å². The maximum absolute atomic E-state index is 13.5. The summed E-state index contributed by atoms with van der Waals surface area (Å²) in [7, 11) is -3.05. The number of hydrogen-bond donors (Lipinski definition) is 0. The van der Waals surface area contributed by atoms with Crippen LogP contribution in [0.4, 0.5) is 5.69 Å². The number of carbonyl (C=O) groups is 1. The predicted octanol–water partition coefficient (Wildman–Crippen LogP) is 3.60. The van der Waals surface area contributed by atoms with Gasteiger partial charge < -0.3 is 14.4 Å². The molecule has 0 aromatic heterocycles. The van der Waals surface area contributed by atoms with Crippen LogP contribution in [0.15, 0.2) is 36.4 Å². The van der Waals surface area contributed by atoms with Crippen LogP contribution < -0.4 is 4.74 Å². The molecule has 3 heterocycles. The topological polar surface area (TPSA) is 114 Å². The number of nitro groups is 1. The fourth-order valence-corrected chi connectivity index (χ4v) is 7.19. The lowest BCUT2D eigenvalue weighted by Gasteiger charge is -2.27. The minimum absolute atomic E-state index is 0.133. The first kappa shape index (κ1) is 23.6. The predicted molar refractivity (Wildman–Crippen MR) is 129 cm³/mol. The summed E-state index contributed by atoms with van der Waals surface area (Å²) in [5.74, 6) is 0.354. The second-order valence-electron chi connectivity index (χ2n) is 9.30. The number of nitrogens with zero attached hydrogens (tertiary/aromatic N) is 4. The van der Waals surface area contributed by atoms with Crippen molar-refractivity contribution < 1.29 is 28.3 Å². The zero-order chi connectivity index (χ0) is 24.9. The molecule has 12 heteroatoms. The lowest BCUT2D eigenvalue weighted by molar-refractivity contribution is -0.385. The Hall–Kier alpha value is -2.82. The van der Waals surface area contributed by atoms with Crippen molar-refractivity contribution >= 4 is 19.3 Å². The SMILES string of the molecule is O=C(c1cccc(Oc2c([N+](=O)[O-])ccc3c2CC[C@H]3OP(=O)(N2CC2)N2CC2)c1)N1CCOCC1. The largest absolute Gasteiger partial charge is 0.450 e. The Kier molecular flexibility index (Phi) is 6.05. The molecule has 3 saturated heterocycles. The van der Waals surface area contributed by atoms with Crippen molar-refractivity contribution in [2.45, 2.75) is 18.9 Å². The summed E-state index contributed by atoms with van der Waals surface area (Å²) in [5.41, 5.74) is 1.74. The molecule has 0 saturated carbocycles. The minimum Gasteiger partial charge on any atom is -0.450 e. The number of nitro benzene ring substituents is 1. The molecule has 0 unspecified atom stereocenters. The molecule has 1 atom stereocenters. The van der Waals surface area contributed by atoms with E-state index in [-0.39, 0.29) is 17.3 Å². The zero-order valence-electron chi connectivity index (χ0n) is 19.7. The van der Waals surface area contributed by atoms with Crippen molar-refractivity contribution in [3.8, 4) is 11.5 Å². The van der Waals surface area contributed by atoms with E-state index >= 15 is 0 Å². The first-order valence-corrected chi connectivity index (χ1v) is 13.7. The molecule has 0 bridgehead atoms. The van der Waals surface area contributed by atoms with E-state index in [1.165, 1.54) is 6.07 Å². The van der Waals surface area contributed by atoms with E-state index in [2.05, 4.69) is 0 Å². The van der Waals surface area contributed by atoms with Crippen LogP contribution in [-0.4, -0.2) is 77.6 Å². The van der Waals surface area contributed by atoms with Crippen LogP contribution in [0, 0.1) is 10.1 Å². The highest BCUT2D eigenvalue weighted by atomic mass is 31.2. The molecule has 2 aromatic carbocycles. The summed E-state index contributed by atoms with van der Waals surface area (Å²) in [5, 5.41) is 11.9. The Morgan fingerprint density at radius 2 is 1.78 bits per heavy atom. The van der Waals surface area contributed by atoms with Crippen LogP contribution >= 0.6 is 7.67 Å². The number of carbonyl (C=O) groups excluding carboxylic acids is 1. The zero-order valence-corrected chi connectivity index (χ0v) is 20.6. The second-order valence-corrected chi connectivity index (χ2v) is 11.6. The molecule has 4 aliphatic rings. The Morgan fingerprint density at radius 3 is 2.44 bits per heavy atom. The fourth-order valence-electron chi connectivity index (χ4n) is 4.82. The third kappa shape index (κ3) is 4.42. The summed E-state index contributed by atoms with van der Waals surface area (Å²) < 4.78 is 34.9. The maximum atomic E-state index is 13.5. The monoisotopic (exact) mass is 514 g/mol. The summed E-state index contributed by atoms with van der Waals surface area (Å²) >= 11 is 0. The van der Waals surface area contributed by atoms with Crippen molar-refractivity contribution in [1.29, 1.82) is 0 Å². The first-order chi connectivity index (χ1) is 17.4. The van der Waals surface area contributed by atoms with Crippen molar-refractivity contribution in [3.63, 3.8) is 0 Å². The molecule has 6 rings (SSSR count). The van der Waals surface area contributed by atoms with Gasteiger partial charge in [0.25, 0.3) is 5.91 Å². The van der Waals surface area contributed by atoms with E-state index in [4.69, 9.17) is 14.0 Å². The molecule has 190 valence electrons. The Bertz CT molecular complexity index is 1240. The van der Waals surface area contributed by atoms with Crippen LogP contribution in [-0.2, 0) is 20.2 Å². The van der Waals surface area contributed by atoms with Gasteiger partial charge in [-0.15, -0.1) is 0 Å². The number of benzene rings is 2. The van der Waals surface area contributed by atoms with Gasteiger partial charge in [0.15, 0.2) is 0 Å². The average molecular weight is 514 g/mol. The Balaban J connectivity index is 1.28. The third-order valence-corrected chi connectivity index (χ3v) is 9.66. The molecular weight excluding hydrogens is 487 g/mol. The normalized spacial score (nSPS) is 21.8. The number of fused-ring (bicyclic) bond motifs is 1. The molecule has 2 aromatic rings. The molecule has 0 spiro atoms. The molecule has 3 fully saturated rings. The number of ether oxygens (including phenoxy) is 2. The molecule has 3 aliphatic heterocycles. The molecule has 1 amide bonds. The van der Waals surface area contributed by atoms with Gasteiger partial charge in [-0.3, -0.25) is 24.0 Å². The van der Waals surface area contributed by atoms with Gasteiger partial charge >= 0.3 is 13.4 Å². The number of hydrogen-bond acceptors (Lipinski definition) is 7. The van der Waals surface area contributed by atoms with Crippen LogP contribution in [0.2, 0.25) is 0 Å². The van der Waals surface area contributed by atoms with Gasteiger partial charge in [0, 0.05) is 56.5 Å². The third-order valence-electron chi connectivity index (χ3n) is 6.90. The fraction of sp³-hybridized carbons (Fsp3) is 0.458. The summed E-state index contributed by atoms with van der Waals surface area (Å²) in [4.78, 5) is 26.0. The smallest absolute Gasteiger partial charge is 0.346 e. The van der Waals surface area contributed by atoms with E-state index in [1.807, 2.05) is 9.34 Å². The Labute approximate surface area is 208 Å². The molecule has 11 nitrogen and oxygen atoms in total. The van der Waals surface area contributed by atoms with Crippen LogP contribution in [0.3, 0.4) is 0 Å². The van der Waals surface area contributed by atoms with Crippen LogP contribution in [0.5, 0.6) is 11.5 Å². The molecule has 1 aliphatic carbocycles. The van der Waals surface area contributed by atoms with Crippen LogP contribution in [0.1, 0.15) is 34.0 Å². The van der Waals surface area contributed by atoms with Crippen molar-refractivity contribution in [2.24, 2.45) is 0 Å². The van der Waals surface area contributed by atoms with E-state index < -0.39 is 18.7 Å². The molecule has 0 radical (unpaired) electrons. The number of amides is 1. The number of morpholine rings is 1. The molecule has 36 heavy (non-hydrogen) atoms. The summed E-state index contributed by atoms with van der Waals surface area (Å²) in [6, 6.07) is 9.80. The highest BCUT2D eigenvalue weighted by Gasteiger charge is 2.51. The maximum Gasteiger partial charge on any atom is 0.346 e. The highest BCUT2D eigenvalue weighted by molar-refractivity contribution is 7.54. The molecular formula is C24H27N4O7P. The van der Waals surface area contributed by atoms with Gasteiger partial charge in [-0.25, -0.2) is 9.34 Å². The minimum atomic E-state index is -3.05. The van der Waals surface area contributed by atoms with E-state index in [9.17, 15) is 19.5 Å². The van der Waals surface area contributed by atoms with Crippen molar-refractivity contribution in [2.75, 3.05) is 52.5 Å². The van der Waals surface area contributed by atoms with Gasteiger partial charge in [-0.2, -0.15) is 0 Å². The summed E-state index contributed by atoms with van der Waals surface area (Å²) in [6.07, 6.45) is 0.641. The van der Waals surface area contributed by atoms with Gasteiger partial charge in [0.05, 0.1) is 24.2 Å². The second kappa shape index (κ2) is 9.24. The number of rotatable bonds is 8. The van der Waals surface area contributed by atoms with E-state index in [0.29, 0.717) is 56.0 Å². The van der Waals surface area contributed by atoms with Gasteiger partial charge in [-0.1, -0.05) is 6.07 Å². The lowest BCUT2D eigenvalue weighted by atomic mass is 10.1. The van der Waals surface area contributed by atoms with E-state index in [0.717, 1.165) is 31.7 Å². The van der Waals surface area contributed by atoms with Crippen molar-refractivity contribution in [1.82, 2.24) is 14.2 Å². The van der Waals surface area contributed by atoms with Gasteiger partial charge in [0.1, 0.15) is 5.75 Å². The van der Waals surface area contributed by atoms with Gasteiger partial charge in [-0.05, 0) is 42.7 Å². The standard InChI is InChI=1S/C24H27N4O7P/c29-24(25-12-14-33-15-13-25)17-2-1-3-18(16-17)34-23-20-5-7-22(19(20)4-6-21(23)28(30)31)35-36(32,26-8-9-26)27-10-11-27/h1-4,6,16,22H,5,7-15H2/t22-/m1/s1. The lowest BCUT2D eigenvalue weighted by Crippen LogP contribution is -2.40. The summed E-state index contributed by atoms with van der Waals surface area (Å²) in [6.45, 7) is 5.03. The van der Waals surface area contributed by atoms with Crippen LogP contribution in [0.25, 0.3) is 0 Å². The molecule has 0 N–H and O–H groups in total. The first-order valence-electron chi connectivity index (χ1n) is 12.2.